The Balaban J connectivity index is 1.21. The minimum atomic E-state index is -0.505. The predicted molar refractivity (Wildman–Crippen MR) is 177 cm³/mol. The number of aromatic nitrogens is 5. The van der Waals surface area contributed by atoms with Crippen molar-refractivity contribution >= 4 is 51.9 Å². The fourth-order valence-electron chi connectivity index (χ4n) is 4.75. The second kappa shape index (κ2) is 15.0. The minimum absolute atomic E-state index is 0.130. The average molecular weight is 766 g/mol. The van der Waals surface area contributed by atoms with E-state index in [1.165, 1.54) is 37.1 Å². The fourth-order valence-corrected chi connectivity index (χ4v) is 6.86. The first-order valence-electron chi connectivity index (χ1n) is 14.6. The zero-order chi connectivity index (χ0) is 34.3. The number of halogens is 2. The monoisotopic (exact) mass is 765 g/mol. The number of anilines is 4. The molecule has 0 aliphatic heterocycles. The molecule has 0 saturated heterocycles. The van der Waals surface area contributed by atoms with Crippen molar-refractivity contribution in [3.05, 3.63) is 112 Å². The number of allylic oxidation sites excluding steroid dienone is 1. The van der Waals surface area contributed by atoms with Gasteiger partial charge in [-0.05, 0) is 23.8 Å². The van der Waals surface area contributed by atoms with Gasteiger partial charge in [-0.3, -0.25) is 0 Å². The zero-order valence-corrected chi connectivity index (χ0v) is 28.5. The van der Waals surface area contributed by atoms with E-state index in [1.54, 1.807) is 42.1 Å². The average Bonchev–Trinajstić information content (AvgIpc) is 3.41. The van der Waals surface area contributed by atoms with Gasteiger partial charge in [0, 0.05) is 24.0 Å². The second-order valence-corrected chi connectivity index (χ2v) is 15.3. The van der Waals surface area contributed by atoms with E-state index in [9.17, 15) is 19.3 Å². The van der Waals surface area contributed by atoms with Crippen LogP contribution in [0.4, 0.5) is 33.2 Å². The third kappa shape index (κ3) is 8.71. The number of aryl methyl sites for hydroxylation is 1. The summed E-state index contributed by atoms with van der Waals surface area (Å²) in [4.78, 5) is 40.5. The number of benzene rings is 2. The molecule has 0 unspecified atom stereocenters. The molecule has 0 aliphatic rings. The molecule has 4 N–H and O–H groups in total. The summed E-state index contributed by atoms with van der Waals surface area (Å²) >= 11 is -0.505. The summed E-state index contributed by atoms with van der Waals surface area (Å²) in [7, 11) is 5.76. The van der Waals surface area contributed by atoms with Crippen molar-refractivity contribution in [3.63, 3.8) is 0 Å². The van der Waals surface area contributed by atoms with Crippen LogP contribution in [0.1, 0.15) is 16.8 Å². The van der Waals surface area contributed by atoms with E-state index in [-0.39, 0.29) is 17.5 Å². The number of amides is 1. The zero-order valence-electron chi connectivity index (χ0n) is 26.3. The number of nitrogens with one attached hydrogen (secondary N) is 4. The Morgan fingerprint density at radius 1 is 1.15 bits per heavy atom. The Morgan fingerprint density at radius 3 is 2.75 bits per heavy atom. The Kier molecular flexibility index (Phi) is 10.6. The summed E-state index contributed by atoms with van der Waals surface area (Å²) in [5.74, 6) is 0.0277. The van der Waals surface area contributed by atoms with Crippen molar-refractivity contribution in [2.45, 2.75) is 13.1 Å². The van der Waals surface area contributed by atoms with Crippen LogP contribution >= 0.6 is 0 Å². The molecule has 3 heterocycles. The summed E-state index contributed by atoms with van der Waals surface area (Å²) < 4.78 is 16.5. The normalized spacial score (nSPS) is 11.6. The molecule has 14 nitrogen and oxygen atoms in total. The molecule has 16 heteroatoms. The number of rotatable bonds is 14. The number of nitrogens with zero attached hydrogens (tertiary/aromatic N) is 7. The number of fused-ring (bicyclic) bond motifs is 1. The number of pyridine rings is 1. The van der Waals surface area contributed by atoms with E-state index < -0.39 is 26.4 Å². The second-order valence-electron chi connectivity index (χ2n) is 11.1. The molecule has 1 amide bonds. The van der Waals surface area contributed by atoms with Gasteiger partial charge in [0.1, 0.15) is 5.82 Å². The van der Waals surface area contributed by atoms with Crippen LogP contribution < -0.4 is 37.4 Å². The van der Waals surface area contributed by atoms with E-state index in [0.717, 1.165) is 11.3 Å². The van der Waals surface area contributed by atoms with Crippen LogP contribution in [0.3, 0.4) is 0 Å². The van der Waals surface area contributed by atoms with Gasteiger partial charge in [0.15, 0.2) is 0 Å². The van der Waals surface area contributed by atoms with Gasteiger partial charge in [0.25, 0.3) is 0 Å². The first-order valence-corrected chi connectivity index (χ1v) is 17.1. The molecule has 248 valence electrons. The van der Waals surface area contributed by atoms with E-state index in [0.29, 0.717) is 59.7 Å². The summed E-state index contributed by atoms with van der Waals surface area (Å²) in [6.07, 6.45) is 8.90. The molecule has 3 aromatic heterocycles. The standard InChI is InChI=1S/C32H33FIN11O3/c1-43-20-40-32(44(47)48)28(43)18-45(2,3)34-11-5-8-30(46)42-29-14-25-27(17-37-29)38-19-39-31(25)41-24-9-10-26(22(13-24)15-35)36-16-21-6-4-7-23(33)12-21/h4-10,12-15,17,19-20,35-36H,11,16,18H2,1-3H3,(H,37,42,46)(H,38,39,41)/b8-5+,35-15?. The molecule has 48 heavy (non-hydrogen) atoms. The molecule has 0 spiro atoms. The maximum atomic E-state index is 13.6. The van der Waals surface area contributed by atoms with Gasteiger partial charge in [-0.15, -0.1) is 0 Å². The Hall–Kier alpha value is -5.36. The molecule has 0 aliphatic carbocycles. The van der Waals surface area contributed by atoms with Gasteiger partial charge < -0.3 is 10.7 Å². The summed E-state index contributed by atoms with van der Waals surface area (Å²) in [5, 5.41) is 29.2. The van der Waals surface area contributed by atoms with Crippen LogP contribution in [0.2, 0.25) is 0 Å². The number of carbonyl (C=O) groups is 1. The predicted octanol–water partition coefficient (Wildman–Crippen LogP) is 1.93. The Labute approximate surface area is 286 Å². The van der Waals surface area contributed by atoms with Gasteiger partial charge in [-0.25, -0.2) is 4.39 Å². The van der Waals surface area contributed by atoms with Gasteiger partial charge in [-0.1, -0.05) is 12.1 Å². The first kappa shape index (κ1) is 34.0. The number of quaternary nitrogens is 1. The van der Waals surface area contributed by atoms with E-state index in [2.05, 4.69) is 35.9 Å². The first-order chi connectivity index (χ1) is 23.0. The van der Waals surface area contributed by atoms with Gasteiger partial charge in [-0.2, -0.15) is 0 Å². The van der Waals surface area contributed by atoms with E-state index in [4.69, 9.17) is 5.41 Å². The number of hydrogen-bond acceptors (Lipinski definition) is 10. The fraction of sp³-hybridized carbons (Fsp3) is 0.188. The summed E-state index contributed by atoms with van der Waals surface area (Å²) in [6, 6.07) is 13.5. The Bertz CT molecular complexity index is 2020. The van der Waals surface area contributed by atoms with Crippen molar-refractivity contribution in [1.29, 1.82) is 5.41 Å². The van der Waals surface area contributed by atoms with Crippen LogP contribution in [-0.4, -0.2) is 62.8 Å². The van der Waals surface area contributed by atoms with E-state index in [1.807, 2.05) is 32.3 Å². The van der Waals surface area contributed by atoms with Gasteiger partial charge >= 0.3 is 206 Å². The molecular weight excluding hydrogens is 732 g/mol. The summed E-state index contributed by atoms with van der Waals surface area (Å²) in [5.41, 5.74) is 3.94. The van der Waals surface area contributed by atoms with Crippen molar-refractivity contribution in [1.82, 2.24) is 24.5 Å². The topological polar surface area (TPSA) is 177 Å². The molecule has 5 rings (SSSR count). The van der Waals surface area contributed by atoms with Crippen molar-refractivity contribution < 1.29 is 38.3 Å². The Morgan fingerprint density at radius 2 is 1.98 bits per heavy atom. The number of imidazole rings is 1. The van der Waals surface area contributed by atoms with Crippen LogP contribution in [0.5, 0.6) is 0 Å². The van der Waals surface area contributed by atoms with Crippen molar-refractivity contribution in [2.24, 2.45) is 7.05 Å². The quantitative estimate of drug-likeness (QED) is 0.0251. The number of alkyl halides is 1. The molecule has 2 aromatic carbocycles. The van der Waals surface area contributed by atoms with Crippen LogP contribution in [0.25, 0.3) is 10.9 Å². The van der Waals surface area contributed by atoms with Crippen LogP contribution in [-0.2, 0) is 24.9 Å². The van der Waals surface area contributed by atoms with Crippen molar-refractivity contribution in [3.8, 4) is 0 Å². The van der Waals surface area contributed by atoms with E-state index >= 15 is 0 Å². The molecule has 0 radical (unpaired) electrons. The molecule has 5 aromatic rings. The number of carbonyl (C=O) groups excluding carboxylic acids is 1. The van der Waals surface area contributed by atoms with Crippen LogP contribution in [0, 0.1) is 21.3 Å². The SMILES string of the molecule is Cn1cnc([N+](=O)[O-])c1C[N+](C)(C)[I-]C/C=C/C(=O)Nc1cc2c(Nc3ccc(NCc4cccc(F)c4)c(C=N)c3)ncnc2cn1. The third-order valence-electron chi connectivity index (χ3n) is 7.10. The molecule has 0 bridgehead atoms. The molecular formula is C32H33FIN11O3. The molecule has 0 atom stereocenters. The maximum absolute atomic E-state index is 13.6. The third-order valence-corrected chi connectivity index (χ3v) is 10.2. The van der Waals surface area contributed by atoms with Crippen molar-refractivity contribution in [2.75, 3.05) is 34.5 Å². The van der Waals surface area contributed by atoms with Gasteiger partial charge in [0.05, 0.1) is 0 Å². The summed E-state index contributed by atoms with van der Waals surface area (Å²) in [6.45, 7) is 0.857. The molecule has 0 fully saturated rings. The number of hydrogen-bond donors (Lipinski definition) is 4. The number of nitro groups is 1. The van der Waals surface area contributed by atoms with Gasteiger partial charge in [0.2, 0.25) is 0 Å². The van der Waals surface area contributed by atoms with Crippen LogP contribution in [0.15, 0.2) is 79.5 Å². The molecule has 0 saturated carbocycles.